The number of aryl methyl sites for hydroxylation is 1. The van der Waals surface area contributed by atoms with E-state index in [0.29, 0.717) is 11.4 Å². The highest BCUT2D eigenvalue weighted by molar-refractivity contribution is 5.95. The van der Waals surface area contributed by atoms with Gasteiger partial charge in [-0.1, -0.05) is 32.6 Å². The van der Waals surface area contributed by atoms with Crippen molar-refractivity contribution in [1.29, 1.82) is 0 Å². The van der Waals surface area contributed by atoms with E-state index in [-0.39, 0.29) is 5.91 Å². The third-order valence-electron chi connectivity index (χ3n) is 3.92. The number of nitrogen functional groups attached to an aromatic ring is 1. The first-order chi connectivity index (χ1) is 10.2. The molecule has 21 heavy (non-hydrogen) atoms. The maximum atomic E-state index is 12.7. The maximum Gasteiger partial charge on any atom is 0.254 e. The molecule has 116 valence electrons. The van der Waals surface area contributed by atoms with Crippen LogP contribution in [0.15, 0.2) is 12.1 Å². The van der Waals surface area contributed by atoms with Crippen LogP contribution in [0.3, 0.4) is 0 Å². The number of nitrogens with two attached hydrogens (primary N) is 1. The number of nitrogens with one attached hydrogen (secondary N) is 1. The number of rotatable bonds is 4. The van der Waals surface area contributed by atoms with E-state index < -0.39 is 0 Å². The molecular weight excluding hydrogens is 264 g/mol. The molecule has 0 aromatic carbocycles. The van der Waals surface area contributed by atoms with Gasteiger partial charge in [0, 0.05) is 24.3 Å². The zero-order valence-corrected chi connectivity index (χ0v) is 12.9. The molecular formula is C16H26N4O. The van der Waals surface area contributed by atoms with Crippen molar-refractivity contribution in [3.05, 3.63) is 23.4 Å². The molecule has 0 spiro atoms. The van der Waals surface area contributed by atoms with E-state index in [1.165, 1.54) is 19.3 Å². The fourth-order valence-electron chi connectivity index (χ4n) is 2.80. The average molecular weight is 290 g/mol. The number of hydrazine groups is 1. The zero-order chi connectivity index (χ0) is 15.1. The Morgan fingerprint density at radius 3 is 2.52 bits per heavy atom. The lowest BCUT2D eigenvalue weighted by Crippen LogP contribution is -2.34. The van der Waals surface area contributed by atoms with Crippen molar-refractivity contribution in [2.24, 2.45) is 5.84 Å². The van der Waals surface area contributed by atoms with Gasteiger partial charge in [0.1, 0.15) is 5.82 Å². The first-order valence-electron chi connectivity index (χ1n) is 8.01. The van der Waals surface area contributed by atoms with Gasteiger partial charge in [-0.05, 0) is 31.4 Å². The van der Waals surface area contributed by atoms with E-state index in [2.05, 4.69) is 17.3 Å². The van der Waals surface area contributed by atoms with Gasteiger partial charge in [0.25, 0.3) is 5.91 Å². The Kier molecular flexibility index (Phi) is 5.99. The smallest absolute Gasteiger partial charge is 0.254 e. The zero-order valence-electron chi connectivity index (χ0n) is 12.9. The largest absolute Gasteiger partial charge is 0.339 e. The lowest BCUT2D eigenvalue weighted by molar-refractivity contribution is 0.0742. The Balaban J connectivity index is 2.17. The quantitative estimate of drug-likeness (QED) is 0.660. The molecule has 1 aliphatic heterocycles. The van der Waals surface area contributed by atoms with Crippen LogP contribution in [0.25, 0.3) is 0 Å². The molecule has 1 fully saturated rings. The van der Waals surface area contributed by atoms with Crippen LogP contribution in [0.2, 0.25) is 0 Å². The molecule has 2 heterocycles. The van der Waals surface area contributed by atoms with Crippen molar-refractivity contribution < 1.29 is 4.79 Å². The highest BCUT2D eigenvalue weighted by atomic mass is 16.2. The second-order valence-electron chi connectivity index (χ2n) is 5.69. The van der Waals surface area contributed by atoms with E-state index in [1.54, 1.807) is 6.07 Å². The molecule has 3 N–H and O–H groups in total. The van der Waals surface area contributed by atoms with Gasteiger partial charge < -0.3 is 10.3 Å². The summed E-state index contributed by atoms with van der Waals surface area (Å²) in [6, 6.07) is 3.66. The molecule has 1 saturated heterocycles. The summed E-state index contributed by atoms with van der Waals surface area (Å²) in [7, 11) is 0. The number of nitrogens with zero attached hydrogens (tertiary/aromatic N) is 2. The molecule has 0 unspecified atom stereocenters. The second kappa shape index (κ2) is 7.98. The number of pyridine rings is 1. The normalized spacial score (nSPS) is 16.2. The molecule has 1 aliphatic rings. The summed E-state index contributed by atoms with van der Waals surface area (Å²) in [6.07, 6.45) is 7.78. The number of anilines is 1. The molecule has 5 nitrogen and oxygen atoms in total. The summed E-state index contributed by atoms with van der Waals surface area (Å²) in [5.41, 5.74) is 4.18. The monoisotopic (exact) mass is 290 g/mol. The van der Waals surface area contributed by atoms with Gasteiger partial charge in [-0.25, -0.2) is 10.8 Å². The Labute approximate surface area is 126 Å². The van der Waals surface area contributed by atoms with Crippen LogP contribution in [0.5, 0.6) is 0 Å². The number of carbonyl (C=O) groups excluding carboxylic acids is 1. The molecule has 0 radical (unpaired) electrons. The Morgan fingerprint density at radius 1 is 1.24 bits per heavy atom. The van der Waals surface area contributed by atoms with Gasteiger partial charge in [0.15, 0.2) is 0 Å². The lowest BCUT2D eigenvalue weighted by Gasteiger charge is -2.25. The summed E-state index contributed by atoms with van der Waals surface area (Å²) in [6.45, 7) is 3.81. The van der Waals surface area contributed by atoms with Crippen molar-refractivity contribution >= 4 is 11.7 Å². The SMILES string of the molecule is CCCc1cc(C(=O)N2CCCCCCC2)cc(NN)n1. The van der Waals surface area contributed by atoms with Gasteiger partial charge in [-0.3, -0.25) is 4.79 Å². The van der Waals surface area contributed by atoms with Crippen molar-refractivity contribution in [1.82, 2.24) is 9.88 Å². The van der Waals surface area contributed by atoms with Gasteiger partial charge in [-0.2, -0.15) is 0 Å². The standard InChI is InChI=1S/C16H26N4O/c1-2-8-14-11-13(12-15(18-14)19-17)16(21)20-9-6-4-3-5-7-10-20/h11-12H,2-10,17H2,1H3,(H,18,19). The van der Waals surface area contributed by atoms with Gasteiger partial charge in [0.2, 0.25) is 0 Å². The van der Waals surface area contributed by atoms with Crippen LogP contribution >= 0.6 is 0 Å². The van der Waals surface area contributed by atoms with Crippen molar-refractivity contribution in [2.75, 3.05) is 18.5 Å². The lowest BCUT2D eigenvalue weighted by atomic mass is 10.1. The molecule has 5 heteroatoms. The van der Waals surface area contributed by atoms with E-state index in [9.17, 15) is 4.79 Å². The van der Waals surface area contributed by atoms with Crippen LogP contribution in [0.4, 0.5) is 5.82 Å². The third-order valence-corrected chi connectivity index (χ3v) is 3.92. The molecule has 0 bridgehead atoms. The van der Waals surface area contributed by atoms with Crippen LogP contribution in [-0.2, 0) is 6.42 Å². The fourth-order valence-corrected chi connectivity index (χ4v) is 2.80. The minimum atomic E-state index is 0.105. The van der Waals surface area contributed by atoms with Gasteiger partial charge in [-0.15, -0.1) is 0 Å². The molecule has 1 aromatic rings. The average Bonchev–Trinajstić information content (AvgIpc) is 2.46. The number of likely N-dealkylation sites (tertiary alicyclic amines) is 1. The van der Waals surface area contributed by atoms with E-state index >= 15 is 0 Å². The van der Waals surface area contributed by atoms with Crippen LogP contribution in [0.1, 0.15) is 61.5 Å². The number of carbonyl (C=O) groups is 1. The Morgan fingerprint density at radius 2 is 1.90 bits per heavy atom. The van der Waals surface area contributed by atoms with Crippen molar-refractivity contribution in [3.8, 4) is 0 Å². The predicted molar refractivity (Wildman–Crippen MR) is 85.0 cm³/mol. The number of hydrogen-bond donors (Lipinski definition) is 2. The highest BCUT2D eigenvalue weighted by Gasteiger charge is 2.18. The molecule has 1 aromatic heterocycles. The molecule has 0 atom stereocenters. The van der Waals surface area contributed by atoms with Crippen LogP contribution in [0, 0.1) is 0 Å². The molecule has 2 rings (SSSR count). The molecule has 1 amide bonds. The first-order valence-corrected chi connectivity index (χ1v) is 8.01. The Hall–Kier alpha value is -1.62. The number of amides is 1. The minimum absolute atomic E-state index is 0.105. The van der Waals surface area contributed by atoms with E-state index in [1.807, 2.05) is 11.0 Å². The van der Waals surface area contributed by atoms with Crippen LogP contribution < -0.4 is 11.3 Å². The minimum Gasteiger partial charge on any atom is -0.339 e. The van der Waals surface area contributed by atoms with Gasteiger partial charge >= 0.3 is 0 Å². The Bertz CT molecular complexity index is 467. The van der Waals surface area contributed by atoms with Gasteiger partial charge in [0.05, 0.1) is 0 Å². The highest BCUT2D eigenvalue weighted by Crippen LogP contribution is 2.17. The third kappa shape index (κ3) is 4.43. The maximum absolute atomic E-state index is 12.7. The number of hydrogen-bond acceptors (Lipinski definition) is 4. The van der Waals surface area contributed by atoms with Crippen molar-refractivity contribution in [2.45, 2.75) is 51.9 Å². The van der Waals surface area contributed by atoms with E-state index in [0.717, 1.165) is 44.5 Å². The molecule has 0 saturated carbocycles. The first kappa shape index (κ1) is 15.8. The van der Waals surface area contributed by atoms with E-state index in [4.69, 9.17) is 5.84 Å². The topological polar surface area (TPSA) is 71.2 Å². The summed E-state index contributed by atoms with van der Waals surface area (Å²) in [4.78, 5) is 19.1. The van der Waals surface area contributed by atoms with Crippen LogP contribution in [-0.4, -0.2) is 28.9 Å². The summed E-state index contributed by atoms with van der Waals surface area (Å²) in [5.74, 6) is 6.14. The number of aromatic nitrogens is 1. The van der Waals surface area contributed by atoms with Crippen molar-refractivity contribution in [3.63, 3.8) is 0 Å². The predicted octanol–water partition coefficient (Wildman–Crippen LogP) is 2.73. The molecule has 0 aliphatic carbocycles. The summed E-state index contributed by atoms with van der Waals surface area (Å²) < 4.78 is 0. The summed E-state index contributed by atoms with van der Waals surface area (Å²) in [5, 5.41) is 0. The second-order valence-corrected chi connectivity index (χ2v) is 5.69. The fraction of sp³-hybridized carbons (Fsp3) is 0.625. The summed E-state index contributed by atoms with van der Waals surface area (Å²) >= 11 is 0.